The Bertz CT molecular complexity index is 1220. The van der Waals surface area contributed by atoms with E-state index in [2.05, 4.69) is 56.6 Å². The molecule has 0 saturated carbocycles. The summed E-state index contributed by atoms with van der Waals surface area (Å²) in [6.07, 6.45) is 2.65. The van der Waals surface area contributed by atoms with Crippen LogP contribution in [0.3, 0.4) is 0 Å². The second-order valence-electron chi connectivity index (χ2n) is 8.26. The van der Waals surface area contributed by atoms with E-state index in [1.807, 2.05) is 19.1 Å². The number of aromatic nitrogens is 3. The molecule has 0 radical (unpaired) electrons. The van der Waals surface area contributed by atoms with Crippen molar-refractivity contribution in [2.75, 3.05) is 42.9 Å². The molecule has 1 saturated heterocycles. The maximum atomic E-state index is 12.5. The van der Waals surface area contributed by atoms with E-state index in [0.29, 0.717) is 12.2 Å². The van der Waals surface area contributed by atoms with Gasteiger partial charge in [0.15, 0.2) is 0 Å². The molecule has 0 bridgehead atoms. The molecule has 1 aliphatic rings. The van der Waals surface area contributed by atoms with Crippen LogP contribution in [0.2, 0.25) is 0 Å². The Hall–Kier alpha value is -3.23. The summed E-state index contributed by atoms with van der Waals surface area (Å²) in [6.45, 7) is 7.78. The first-order chi connectivity index (χ1) is 16.2. The Balaban J connectivity index is 1.11. The van der Waals surface area contributed by atoms with Gasteiger partial charge in [-0.25, -0.2) is 0 Å². The molecule has 3 heterocycles. The topological polar surface area (TPSA) is 66.3 Å². The SMILES string of the molecule is CCn1nccc1C(=O)Nc1ccc(CCN2CCN(c3nsc4ccccc34)CC2)cc1. The maximum Gasteiger partial charge on any atom is 0.273 e. The fourth-order valence-electron chi connectivity index (χ4n) is 4.30. The minimum Gasteiger partial charge on any atom is -0.353 e. The van der Waals surface area contributed by atoms with Crippen LogP contribution in [0.4, 0.5) is 11.5 Å². The number of aryl methyl sites for hydroxylation is 1. The van der Waals surface area contributed by atoms with Crippen molar-refractivity contribution < 1.29 is 4.79 Å². The van der Waals surface area contributed by atoms with Crippen LogP contribution >= 0.6 is 11.5 Å². The highest BCUT2D eigenvalue weighted by molar-refractivity contribution is 7.13. The molecule has 1 fully saturated rings. The molecule has 170 valence electrons. The lowest BCUT2D eigenvalue weighted by atomic mass is 10.1. The quantitative estimate of drug-likeness (QED) is 0.449. The molecule has 5 rings (SSSR count). The van der Waals surface area contributed by atoms with E-state index in [9.17, 15) is 4.79 Å². The number of fused-ring (bicyclic) bond motifs is 1. The van der Waals surface area contributed by atoms with Gasteiger partial charge in [0.1, 0.15) is 11.5 Å². The summed E-state index contributed by atoms with van der Waals surface area (Å²) < 4.78 is 7.66. The molecule has 0 aliphatic carbocycles. The van der Waals surface area contributed by atoms with Crippen LogP contribution in [0.1, 0.15) is 23.0 Å². The number of anilines is 2. The molecule has 1 amide bonds. The molecular weight excluding hydrogens is 432 g/mol. The second-order valence-corrected chi connectivity index (χ2v) is 9.07. The fourth-order valence-corrected chi connectivity index (χ4v) is 5.09. The van der Waals surface area contributed by atoms with Gasteiger partial charge in [0.05, 0.1) is 4.70 Å². The number of hydrogen-bond donors (Lipinski definition) is 1. The number of amides is 1. The number of hydrogen-bond acceptors (Lipinski definition) is 6. The van der Waals surface area contributed by atoms with Crippen LogP contribution in [0.15, 0.2) is 60.8 Å². The highest BCUT2D eigenvalue weighted by Gasteiger charge is 2.20. The van der Waals surface area contributed by atoms with Crippen LogP contribution in [0.25, 0.3) is 10.1 Å². The average molecular weight is 461 g/mol. The fraction of sp³-hybridized carbons (Fsp3) is 0.320. The van der Waals surface area contributed by atoms with Gasteiger partial charge in [-0.1, -0.05) is 24.3 Å². The van der Waals surface area contributed by atoms with Gasteiger partial charge in [0.2, 0.25) is 0 Å². The Morgan fingerprint density at radius 2 is 1.82 bits per heavy atom. The Kier molecular flexibility index (Phi) is 6.37. The minimum absolute atomic E-state index is 0.132. The number of piperazine rings is 1. The zero-order valence-corrected chi connectivity index (χ0v) is 19.6. The second kappa shape index (κ2) is 9.72. The molecule has 4 aromatic rings. The molecule has 0 unspecified atom stereocenters. The van der Waals surface area contributed by atoms with Gasteiger partial charge < -0.3 is 10.2 Å². The summed E-state index contributed by atoms with van der Waals surface area (Å²) in [5, 5.41) is 8.39. The summed E-state index contributed by atoms with van der Waals surface area (Å²) in [5.41, 5.74) is 2.66. The van der Waals surface area contributed by atoms with E-state index in [1.54, 1.807) is 28.5 Å². The van der Waals surface area contributed by atoms with Crippen LogP contribution in [-0.2, 0) is 13.0 Å². The summed E-state index contributed by atoms with van der Waals surface area (Å²) in [4.78, 5) is 17.4. The van der Waals surface area contributed by atoms with Gasteiger partial charge in [0, 0.05) is 56.5 Å². The predicted octanol–water partition coefficient (Wildman–Crippen LogP) is 4.13. The summed E-state index contributed by atoms with van der Waals surface area (Å²) in [5.74, 6) is 1.00. The van der Waals surface area contributed by atoms with Crippen molar-refractivity contribution in [3.8, 4) is 0 Å². The number of benzene rings is 2. The molecule has 2 aromatic carbocycles. The zero-order chi connectivity index (χ0) is 22.6. The normalized spacial score (nSPS) is 14.6. The van der Waals surface area contributed by atoms with Crippen LogP contribution in [-0.4, -0.2) is 57.7 Å². The first kappa shape index (κ1) is 21.6. The Labute approximate surface area is 197 Å². The third kappa shape index (κ3) is 4.77. The van der Waals surface area contributed by atoms with Gasteiger partial charge in [-0.2, -0.15) is 9.47 Å². The van der Waals surface area contributed by atoms with Gasteiger partial charge in [-0.05, 0) is 60.8 Å². The molecule has 0 atom stereocenters. The van der Waals surface area contributed by atoms with Gasteiger partial charge in [-0.15, -0.1) is 0 Å². The summed E-state index contributed by atoms with van der Waals surface area (Å²) in [7, 11) is 0. The van der Waals surface area contributed by atoms with Crippen molar-refractivity contribution in [1.82, 2.24) is 19.1 Å². The van der Waals surface area contributed by atoms with E-state index in [1.165, 1.54) is 15.6 Å². The zero-order valence-electron chi connectivity index (χ0n) is 18.8. The molecule has 7 nitrogen and oxygen atoms in total. The maximum absolute atomic E-state index is 12.5. The van der Waals surface area contributed by atoms with E-state index >= 15 is 0 Å². The summed E-state index contributed by atoms with van der Waals surface area (Å²) in [6, 6.07) is 18.4. The Morgan fingerprint density at radius 3 is 2.61 bits per heavy atom. The molecular formula is C25H28N6OS. The minimum atomic E-state index is -0.132. The lowest BCUT2D eigenvalue weighted by molar-refractivity contribution is 0.101. The van der Waals surface area contributed by atoms with Crippen molar-refractivity contribution in [1.29, 1.82) is 0 Å². The predicted molar refractivity (Wildman–Crippen MR) is 134 cm³/mol. The van der Waals surface area contributed by atoms with Crippen LogP contribution in [0, 0.1) is 0 Å². The lowest BCUT2D eigenvalue weighted by Crippen LogP contribution is -2.47. The van der Waals surface area contributed by atoms with Crippen molar-refractivity contribution in [2.24, 2.45) is 0 Å². The van der Waals surface area contributed by atoms with Gasteiger partial charge >= 0.3 is 0 Å². The van der Waals surface area contributed by atoms with Crippen LogP contribution < -0.4 is 10.2 Å². The smallest absolute Gasteiger partial charge is 0.273 e. The molecule has 2 aromatic heterocycles. The van der Waals surface area contributed by atoms with Gasteiger partial charge in [-0.3, -0.25) is 14.4 Å². The third-order valence-electron chi connectivity index (χ3n) is 6.21. The molecule has 8 heteroatoms. The van der Waals surface area contributed by atoms with Crippen molar-refractivity contribution in [3.05, 3.63) is 72.1 Å². The first-order valence-corrected chi connectivity index (χ1v) is 12.2. The Morgan fingerprint density at radius 1 is 1.03 bits per heavy atom. The number of carbonyl (C=O) groups is 1. The third-order valence-corrected chi connectivity index (χ3v) is 7.02. The number of rotatable bonds is 7. The molecule has 33 heavy (non-hydrogen) atoms. The monoisotopic (exact) mass is 460 g/mol. The van der Waals surface area contributed by atoms with E-state index in [-0.39, 0.29) is 5.91 Å². The highest BCUT2D eigenvalue weighted by Crippen LogP contribution is 2.29. The molecule has 0 spiro atoms. The van der Waals surface area contributed by atoms with Gasteiger partial charge in [0.25, 0.3) is 5.91 Å². The van der Waals surface area contributed by atoms with Crippen LogP contribution in [0.5, 0.6) is 0 Å². The standard InChI is InChI=1S/C25H28N6OS/c1-2-31-22(11-13-26-31)25(32)27-20-9-7-19(8-10-20)12-14-29-15-17-30(18-16-29)24-21-5-3-4-6-23(21)33-28-24/h3-11,13H,2,12,14-18H2,1H3,(H,27,32). The largest absolute Gasteiger partial charge is 0.353 e. The van der Waals surface area contributed by atoms with E-state index in [0.717, 1.165) is 50.6 Å². The van der Waals surface area contributed by atoms with Crippen molar-refractivity contribution in [2.45, 2.75) is 19.9 Å². The number of nitrogens with zero attached hydrogens (tertiary/aromatic N) is 5. The van der Waals surface area contributed by atoms with Crippen molar-refractivity contribution in [3.63, 3.8) is 0 Å². The number of carbonyl (C=O) groups excluding carboxylic acids is 1. The number of nitrogens with one attached hydrogen (secondary N) is 1. The lowest BCUT2D eigenvalue weighted by Gasteiger charge is -2.35. The highest BCUT2D eigenvalue weighted by atomic mass is 32.1. The van der Waals surface area contributed by atoms with E-state index < -0.39 is 0 Å². The summed E-state index contributed by atoms with van der Waals surface area (Å²) >= 11 is 1.59. The molecule has 1 N–H and O–H groups in total. The molecule has 1 aliphatic heterocycles. The van der Waals surface area contributed by atoms with Crippen molar-refractivity contribution >= 4 is 39.0 Å². The first-order valence-electron chi connectivity index (χ1n) is 11.4. The van der Waals surface area contributed by atoms with E-state index in [4.69, 9.17) is 4.37 Å². The average Bonchev–Trinajstić information content (AvgIpc) is 3.51.